The van der Waals surface area contributed by atoms with Crippen LogP contribution in [0.5, 0.6) is 0 Å². The van der Waals surface area contributed by atoms with Crippen molar-refractivity contribution in [2.75, 3.05) is 40.4 Å². The number of rotatable bonds is 5. The highest BCUT2D eigenvalue weighted by Crippen LogP contribution is 2.34. The highest BCUT2D eigenvalue weighted by molar-refractivity contribution is 5.05. The van der Waals surface area contributed by atoms with E-state index >= 15 is 0 Å². The Hall–Kier alpha value is -0.950. The first-order chi connectivity index (χ1) is 10.5. The zero-order valence-electron chi connectivity index (χ0n) is 13.9. The van der Waals surface area contributed by atoms with E-state index in [2.05, 4.69) is 27.9 Å². The summed E-state index contributed by atoms with van der Waals surface area (Å²) < 4.78 is 17.1. The summed E-state index contributed by atoms with van der Waals surface area (Å²) in [5.74, 6) is 0.943. The van der Waals surface area contributed by atoms with Crippen molar-refractivity contribution in [3.8, 4) is 0 Å². The number of likely N-dealkylation sites (tertiary alicyclic amines) is 1. The molecule has 0 radical (unpaired) electrons. The van der Waals surface area contributed by atoms with Crippen molar-refractivity contribution in [1.29, 1.82) is 0 Å². The topological polar surface area (TPSA) is 51.0 Å². The van der Waals surface area contributed by atoms with Crippen LogP contribution in [-0.4, -0.2) is 61.1 Å². The first kappa shape index (κ1) is 15.9. The second kappa shape index (κ2) is 6.66. The summed E-state index contributed by atoms with van der Waals surface area (Å²) in [7, 11) is 4.06. The predicted octanol–water partition coefficient (Wildman–Crippen LogP) is 1.71. The molecular weight excluding hydrogens is 282 g/mol. The van der Waals surface area contributed by atoms with E-state index in [9.17, 15) is 0 Å². The van der Waals surface area contributed by atoms with Gasteiger partial charge in [-0.3, -0.25) is 4.90 Å². The molecule has 0 saturated carbocycles. The molecule has 1 aromatic heterocycles. The van der Waals surface area contributed by atoms with Crippen LogP contribution in [0.25, 0.3) is 0 Å². The van der Waals surface area contributed by atoms with Crippen molar-refractivity contribution in [3.63, 3.8) is 0 Å². The van der Waals surface area contributed by atoms with Crippen LogP contribution in [0.3, 0.4) is 0 Å². The maximum absolute atomic E-state index is 5.84. The van der Waals surface area contributed by atoms with Crippen LogP contribution >= 0.6 is 0 Å². The molecule has 3 heterocycles. The van der Waals surface area contributed by atoms with Crippen LogP contribution in [0.1, 0.15) is 31.2 Å². The fourth-order valence-electron chi connectivity index (χ4n) is 3.44. The molecule has 0 N–H and O–H groups in total. The minimum Gasteiger partial charge on any atom is -0.360 e. The van der Waals surface area contributed by atoms with Crippen molar-refractivity contribution < 1.29 is 14.0 Å². The molecule has 2 aliphatic heterocycles. The molecular formula is C16H27N3O3. The molecule has 0 bridgehead atoms. The lowest BCUT2D eigenvalue weighted by atomic mass is 9.90. The molecule has 0 amide bonds. The standard InChI is InChI=1S/C16H27N3O3/c1-16(20-7-8-21-16)13-5-4-6-19(10-13)11-14-9-15(22-17-14)12-18(2)3/h9,13H,4-8,10-12H2,1-3H3/t13-/m1/s1. The van der Waals surface area contributed by atoms with Gasteiger partial charge in [-0.2, -0.15) is 0 Å². The lowest BCUT2D eigenvalue weighted by Crippen LogP contribution is -2.46. The van der Waals surface area contributed by atoms with E-state index in [4.69, 9.17) is 14.0 Å². The van der Waals surface area contributed by atoms with Crippen LogP contribution in [0, 0.1) is 5.92 Å². The van der Waals surface area contributed by atoms with Gasteiger partial charge in [0.1, 0.15) is 0 Å². The molecule has 22 heavy (non-hydrogen) atoms. The van der Waals surface area contributed by atoms with E-state index in [1.165, 1.54) is 6.42 Å². The third kappa shape index (κ3) is 3.68. The van der Waals surface area contributed by atoms with E-state index in [1.807, 2.05) is 14.1 Å². The fourth-order valence-corrected chi connectivity index (χ4v) is 3.44. The second-order valence-electron chi connectivity index (χ2n) is 6.81. The quantitative estimate of drug-likeness (QED) is 0.825. The third-order valence-corrected chi connectivity index (χ3v) is 4.57. The van der Waals surface area contributed by atoms with E-state index in [1.54, 1.807) is 0 Å². The lowest BCUT2D eigenvalue weighted by Gasteiger charge is -2.39. The molecule has 0 spiro atoms. The van der Waals surface area contributed by atoms with Gasteiger partial charge in [-0.1, -0.05) is 5.16 Å². The number of nitrogens with zero attached hydrogens (tertiary/aromatic N) is 3. The van der Waals surface area contributed by atoms with Gasteiger partial charge in [-0.15, -0.1) is 0 Å². The van der Waals surface area contributed by atoms with Gasteiger partial charge < -0.3 is 18.9 Å². The molecule has 6 nitrogen and oxygen atoms in total. The Morgan fingerprint density at radius 2 is 2.14 bits per heavy atom. The fraction of sp³-hybridized carbons (Fsp3) is 0.812. The summed E-state index contributed by atoms with van der Waals surface area (Å²) in [5, 5.41) is 4.20. The molecule has 2 saturated heterocycles. The third-order valence-electron chi connectivity index (χ3n) is 4.57. The first-order valence-corrected chi connectivity index (χ1v) is 8.14. The Bertz CT molecular complexity index is 483. The monoisotopic (exact) mass is 309 g/mol. The number of hydrogen-bond acceptors (Lipinski definition) is 6. The SMILES string of the molecule is CN(C)Cc1cc(CN2CCC[C@@H](C3(C)OCCO3)C2)no1. The average Bonchev–Trinajstić information content (AvgIpc) is 3.09. The van der Waals surface area contributed by atoms with E-state index in [0.717, 1.165) is 44.1 Å². The van der Waals surface area contributed by atoms with Crippen LogP contribution in [0.4, 0.5) is 0 Å². The molecule has 124 valence electrons. The zero-order chi connectivity index (χ0) is 15.6. The average molecular weight is 309 g/mol. The molecule has 1 aromatic rings. The summed E-state index contributed by atoms with van der Waals surface area (Å²) >= 11 is 0. The molecule has 0 aromatic carbocycles. The van der Waals surface area contributed by atoms with Gasteiger partial charge in [0, 0.05) is 25.1 Å². The van der Waals surface area contributed by atoms with Crippen LogP contribution in [0.15, 0.2) is 10.6 Å². The number of piperidine rings is 1. The summed E-state index contributed by atoms with van der Waals surface area (Å²) in [6.45, 7) is 7.22. The highest BCUT2D eigenvalue weighted by Gasteiger charge is 2.41. The van der Waals surface area contributed by atoms with Gasteiger partial charge in [0.25, 0.3) is 0 Å². The van der Waals surface area contributed by atoms with Gasteiger partial charge >= 0.3 is 0 Å². The summed E-state index contributed by atoms with van der Waals surface area (Å²) in [4.78, 5) is 4.51. The lowest BCUT2D eigenvalue weighted by molar-refractivity contribution is -0.192. The van der Waals surface area contributed by atoms with Crippen molar-refractivity contribution in [2.24, 2.45) is 5.92 Å². The Balaban J connectivity index is 1.57. The number of ether oxygens (including phenoxy) is 2. The second-order valence-corrected chi connectivity index (χ2v) is 6.81. The summed E-state index contributed by atoms with van der Waals surface area (Å²) in [6.07, 6.45) is 2.34. The van der Waals surface area contributed by atoms with Gasteiger partial charge in [0.2, 0.25) is 0 Å². The molecule has 2 aliphatic rings. The maximum atomic E-state index is 5.84. The molecule has 0 unspecified atom stereocenters. The van der Waals surface area contributed by atoms with Crippen LogP contribution in [0.2, 0.25) is 0 Å². The molecule has 2 fully saturated rings. The van der Waals surface area contributed by atoms with E-state index in [-0.39, 0.29) is 0 Å². The van der Waals surface area contributed by atoms with Crippen molar-refractivity contribution in [2.45, 2.75) is 38.6 Å². The van der Waals surface area contributed by atoms with E-state index < -0.39 is 5.79 Å². The minimum atomic E-state index is -0.404. The van der Waals surface area contributed by atoms with Gasteiger partial charge in [-0.25, -0.2) is 0 Å². The largest absolute Gasteiger partial charge is 0.360 e. The molecule has 3 rings (SSSR count). The van der Waals surface area contributed by atoms with Gasteiger partial charge in [-0.05, 0) is 40.4 Å². The molecule has 6 heteroatoms. The van der Waals surface area contributed by atoms with Crippen molar-refractivity contribution in [1.82, 2.24) is 15.0 Å². The van der Waals surface area contributed by atoms with Crippen LogP contribution in [-0.2, 0) is 22.6 Å². The smallest absolute Gasteiger partial charge is 0.169 e. The Morgan fingerprint density at radius 3 is 2.86 bits per heavy atom. The van der Waals surface area contributed by atoms with E-state index in [0.29, 0.717) is 19.1 Å². The van der Waals surface area contributed by atoms with Gasteiger partial charge in [0.05, 0.1) is 25.5 Å². The normalized spacial score (nSPS) is 25.9. The summed E-state index contributed by atoms with van der Waals surface area (Å²) in [5.41, 5.74) is 1.01. The van der Waals surface area contributed by atoms with Crippen LogP contribution < -0.4 is 0 Å². The maximum Gasteiger partial charge on any atom is 0.169 e. The number of aromatic nitrogens is 1. The highest BCUT2D eigenvalue weighted by atomic mass is 16.7. The van der Waals surface area contributed by atoms with Gasteiger partial charge in [0.15, 0.2) is 11.5 Å². The summed E-state index contributed by atoms with van der Waals surface area (Å²) in [6, 6.07) is 2.06. The molecule has 0 aliphatic carbocycles. The first-order valence-electron chi connectivity index (χ1n) is 8.14. The van der Waals surface area contributed by atoms with Crippen molar-refractivity contribution in [3.05, 3.63) is 17.5 Å². The van der Waals surface area contributed by atoms with Crippen molar-refractivity contribution >= 4 is 0 Å². The Kier molecular flexibility index (Phi) is 4.82. The predicted molar refractivity (Wildman–Crippen MR) is 82.2 cm³/mol. The molecule has 1 atom stereocenters. The zero-order valence-corrected chi connectivity index (χ0v) is 13.9. The minimum absolute atomic E-state index is 0.404. The Labute approximate surface area is 132 Å². The number of hydrogen-bond donors (Lipinski definition) is 0. The Morgan fingerprint density at radius 1 is 1.36 bits per heavy atom.